The van der Waals surface area contributed by atoms with E-state index in [9.17, 15) is 0 Å². The number of allylic oxidation sites excluding steroid dienone is 2. The lowest BCUT2D eigenvalue weighted by atomic mass is 10.0. The molecule has 0 bridgehead atoms. The molecule has 23 heavy (non-hydrogen) atoms. The van der Waals surface area contributed by atoms with Crippen LogP contribution in [-0.4, -0.2) is 6.21 Å². The molecule has 0 unspecified atom stereocenters. The average molecular weight is 307 g/mol. The van der Waals surface area contributed by atoms with E-state index in [1.807, 2.05) is 20.8 Å². The van der Waals surface area contributed by atoms with Gasteiger partial charge in [-0.15, -0.1) is 0 Å². The molecule has 1 heterocycles. The Balaban J connectivity index is 0.000000924. The number of fused-ring (bicyclic) bond motifs is 3. The predicted octanol–water partition coefficient (Wildman–Crippen LogP) is 6.37. The van der Waals surface area contributed by atoms with Gasteiger partial charge in [0.25, 0.3) is 0 Å². The van der Waals surface area contributed by atoms with Gasteiger partial charge in [-0.05, 0) is 43.9 Å². The number of nitrogens with one attached hydrogen (secondary N) is 1. The number of aryl methyl sites for hydroxylation is 2. The Morgan fingerprint density at radius 1 is 1.00 bits per heavy atom. The fraction of sp³-hybridized carbons (Fsp3) is 0.286. The number of hydrogen-bond acceptors (Lipinski definition) is 2. The molecule has 0 saturated carbocycles. The third-order valence-electron chi connectivity index (χ3n) is 4.06. The van der Waals surface area contributed by atoms with E-state index in [4.69, 9.17) is 9.83 Å². The zero-order valence-electron chi connectivity index (χ0n) is 14.7. The Morgan fingerprint density at radius 3 is 2.39 bits per heavy atom. The van der Waals surface area contributed by atoms with Crippen LogP contribution in [0.4, 0.5) is 0 Å². The monoisotopic (exact) mass is 307 g/mol. The summed E-state index contributed by atoms with van der Waals surface area (Å²) in [6.07, 6.45) is 4.26. The molecule has 0 spiro atoms. The zero-order chi connectivity index (χ0) is 17.0. The van der Waals surface area contributed by atoms with Crippen molar-refractivity contribution in [2.75, 3.05) is 0 Å². The summed E-state index contributed by atoms with van der Waals surface area (Å²) in [5, 5.41) is 9.65. The van der Waals surface area contributed by atoms with Gasteiger partial charge in [-0.2, -0.15) is 0 Å². The number of para-hydroxylation sites is 1. The lowest BCUT2D eigenvalue weighted by Gasteiger charge is -2.04. The molecule has 2 nitrogen and oxygen atoms in total. The molecule has 0 aliphatic rings. The Labute approximate surface area is 138 Å². The number of furan rings is 1. The molecule has 0 amide bonds. The maximum absolute atomic E-state index is 7.29. The minimum atomic E-state index is 0.795. The van der Waals surface area contributed by atoms with Crippen molar-refractivity contribution < 1.29 is 4.42 Å². The van der Waals surface area contributed by atoms with E-state index in [1.165, 1.54) is 33.7 Å². The first-order chi connectivity index (χ1) is 11.1. The molecule has 0 aliphatic carbocycles. The van der Waals surface area contributed by atoms with Crippen molar-refractivity contribution in [2.45, 2.75) is 41.0 Å². The highest BCUT2D eigenvalue weighted by molar-refractivity contribution is 6.07. The van der Waals surface area contributed by atoms with Crippen molar-refractivity contribution in [1.29, 1.82) is 5.41 Å². The Morgan fingerprint density at radius 2 is 1.70 bits per heavy atom. The van der Waals surface area contributed by atoms with Gasteiger partial charge in [0.2, 0.25) is 0 Å². The van der Waals surface area contributed by atoms with Gasteiger partial charge in [0.15, 0.2) is 0 Å². The van der Waals surface area contributed by atoms with Crippen molar-refractivity contribution in [3.63, 3.8) is 0 Å². The van der Waals surface area contributed by atoms with Gasteiger partial charge in [0.1, 0.15) is 11.2 Å². The third-order valence-corrected chi connectivity index (χ3v) is 4.06. The van der Waals surface area contributed by atoms with Crippen molar-refractivity contribution in [3.8, 4) is 0 Å². The van der Waals surface area contributed by atoms with Crippen LogP contribution in [0.1, 0.15) is 37.5 Å². The van der Waals surface area contributed by atoms with Gasteiger partial charge >= 0.3 is 0 Å². The van der Waals surface area contributed by atoms with Crippen LogP contribution in [0.25, 0.3) is 21.9 Å². The molecule has 120 valence electrons. The molecule has 2 heteroatoms. The van der Waals surface area contributed by atoms with Crippen LogP contribution < -0.4 is 0 Å². The molecule has 0 saturated heterocycles. The van der Waals surface area contributed by atoms with Crippen LogP contribution in [0, 0.1) is 19.3 Å². The summed E-state index contributed by atoms with van der Waals surface area (Å²) >= 11 is 0. The summed E-state index contributed by atoms with van der Waals surface area (Å²) in [7, 11) is 0. The van der Waals surface area contributed by atoms with Crippen LogP contribution >= 0.6 is 0 Å². The minimum absolute atomic E-state index is 0.795. The molecule has 0 aliphatic heterocycles. The van der Waals surface area contributed by atoms with Crippen LogP contribution in [-0.2, 0) is 6.42 Å². The minimum Gasteiger partial charge on any atom is -0.455 e. The summed E-state index contributed by atoms with van der Waals surface area (Å²) in [5.41, 5.74) is 6.54. The Bertz CT molecular complexity index is 868. The molecule has 3 aromatic rings. The van der Waals surface area contributed by atoms with Gasteiger partial charge in [-0.3, -0.25) is 0 Å². The first-order valence-corrected chi connectivity index (χ1v) is 8.19. The van der Waals surface area contributed by atoms with Gasteiger partial charge in [0.05, 0.1) is 0 Å². The smallest absolute Gasteiger partial charge is 0.139 e. The lowest BCUT2D eigenvalue weighted by Crippen LogP contribution is -1.89. The fourth-order valence-corrected chi connectivity index (χ4v) is 2.73. The highest BCUT2D eigenvalue weighted by atomic mass is 16.3. The van der Waals surface area contributed by atoms with Crippen molar-refractivity contribution >= 4 is 28.2 Å². The van der Waals surface area contributed by atoms with Crippen LogP contribution in [0.5, 0.6) is 0 Å². The van der Waals surface area contributed by atoms with Crippen LogP contribution in [0.3, 0.4) is 0 Å². The normalized spacial score (nSPS) is 11.4. The van der Waals surface area contributed by atoms with E-state index in [0.29, 0.717) is 0 Å². The maximum Gasteiger partial charge on any atom is 0.139 e. The molecule has 0 radical (unpaired) electrons. The van der Waals surface area contributed by atoms with E-state index in [1.54, 1.807) is 0 Å². The number of benzene rings is 2. The summed E-state index contributed by atoms with van der Waals surface area (Å²) < 4.78 is 6.17. The maximum atomic E-state index is 7.29. The molecule has 2 aromatic carbocycles. The first kappa shape index (κ1) is 17.0. The van der Waals surface area contributed by atoms with Gasteiger partial charge in [0, 0.05) is 22.6 Å². The number of hydrogen-bond donors (Lipinski definition) is 1. The molecule has 0 fully saturated rings. The van der Waals surface area contributed by atoms with Crippen LogP contribution in [0.15, 0.2) is 46.4 Å². The summed E-state index contributed by atoms with van der Waals surface area (Å²) in [4.78, 5) is 0. The fourth-order valence-electron chi connectivity index (χ4n) is 2.73. The Kier molecular flexibility index (Phi) is 5.38. The predicted molar refractivity (Wildman–Crippen MR) is 101 cm³/mol. The van der Waals surface area contributed by atoms with Gasteiger partial charge in [-0.25, -0.2) is 0 Å². The second-order valence-corrected chi connectivity index (χ2v) is 5.59. The topological polar surface area (TPSA) is 37.0 Å². The molecule has 1 aromatic heterocycles. The van der Waals surface area contributed by atoms with Crippen molar-refractivity contribution in [1.82, 2.24) is 0 Å². The second kappa shape index (κ2) is 7.28. The average Bonchev–Trinajstić information content (AvgIpc) is 2.95. The van der Waals surface area contributed by atoms with E-state index < -0.39 is 0 Å². The molecule has 1 N–H and O–H groups in total. The van der Waals surface area contributed by atoms with Crippen LogP contribution in [0.2, 0.25) is 0 Å². The van der Waals surface area contributed by atoms with E-state index in [-0.39, 0.29) is 0 Å². The largest absolute Gasteiger partial charge is 0.455 e. The zero-order valence-corrected chi connectivity index (χ0v) is 14.7. The van der Waals surface area contributed by atoms with Crippen molar-refractivity contribution in [3.05, 3.63) is 58.7 Å². The van der Waals surface area contributed by atoms with Gasteiger partial charge in [-0.1, -0.05) is 50.3 Å². The molecular weight excluding hydrogens is 282 g/mol. The standard InChI is InChI=1S/C19H19NO.C2H6/c1-12(11-20)7-9-15-13(2)8-10-17-16-6-4-5-14(3)18(16)21-19(15)17;1-2/h4-8,10-11,20H,9H2,1-3H3;1-2H3/b12-7-,20-11?;. The van der Waals surface area contributed by atoms with Crippen molar-refractivity contribution in [2.24, 2.45) is 0 Å². The lowest BCUT2D eigenvalue weighted by molar-refractivity contribution is 0.661. The quantitative estimate of drug-likeness (QED) is 0.561. The molecule has 0 atom stereocenters. The third kappa shape index (κ3) is 3.21. The van der Waals surface area contributed by atoms with E-state index in [0.717, 1.165) is 23.2 Å². The van der Waals surface area contributed by atoms with E-state index >= 15 is 0 Å². The first-order valence-electron chi connectivity index (χ1n) is 8.19. The summed E-state index contributed by atoms with van der Waals surface area (Å²) in [5.74, 6) is 0. The molecule has 3 rings (SSSR count). The highest BCUT2D eigenvalue weighted by Gasteiger charge is 2.13. The summed E-state index contributed by atoms with van der Waals surface area (Å²) in [6.45, 7) is 10.1. The Hall–Kier alpha value is -2.35. The number of rotatable bonds is 3. The summed E-state index contributed by atoms with van der Waals surface area (Å²) in [6, 6.07) is 10.6. The second-order valence-electron chi connectivity index (χ2n) is 5.59. The SMILES string of the molecule is C/C(C=N)=C/Cc1c(C)ccc2c1oc1c(C)cccc12.CC. The van der Waals surface area contributed by atoms with E-state index in [2.05, 4.69) is 50.3 Å². The highest BCUT2D eigenvalue weighted by Crippen LogP contribution is 2.34. The molecular formula is C21H25NO. The van der Waals surface area contributed by atoms with Gasteiger partial charge < -0.3 is 9.83 Å².